The van der Waals surface area contributed by atoms with Crippen molar-refractivity contribution in [3.8, 4) is 5.75 Å². The first-order valence-corrected chi connectivity index (χ1v) is 10.2. The molecule has 1 N–H and O–H groups in total. The van der Waals surface area contributed by atoms with Crippen LogP contribution in [-0.4, -0.2) is 40.1 Å². The molecule has 1 aromatic heterocycles. The Labute approximate surface area is 167 Å². The van der Waals surface area contributed by atoms with Gasteiger partial charge in [0.2, 0.25) is 5.91 Å². The third kappa shape index (κ3) is 3.40. The minimum absolute atomic E-state index is 0.0225. The Morgan fingerprint density at radius 1 is 1.36 bits per heavy atom. The van der Waals surface area contributed by atoms with Crippen molar-refractivity contribution in [2.75, 3.05) is 6.54 Å². The molecule has 2 atom stereocenters. The van der Waals surface area contributed by atoms with Gasteiger partial charge in [-0.1, -0.05) is 30.3 Å². The summed E-state index contributed by atoms with van der Waals surface area (Å²) in [5, 5.41) is 10.9. The molecule has 3 heterocycles. The van der Waals surface area contributed by atoms with E-state index in [4.69, 9.17) is 9.47 Å². The Kier molecular flexibility index (Phi) is 4.89. The Balaban J connectivity index is 1.60. The van der Waals surface area contributed by atoms with E-state index in [0.717, 1.165) is 12.0 Å². The Morgan fingerprint density at radius 3 is 2.79 bits per heavy atom. The summed E-state index contributed by atoms with van der Waals surface area (Å²) in [6.45, 7) is 4.37. The van der Waals surface area contributed by atoms with Crippen LogP contribution in [0, 0.1) is 0 Å². The van der Waals surface area contributed by atoms with Crippen LogP contribution in [0.1, 0.15) is 52.8 Å². The van der Waals surface area contributed by atoms with Crippen LogP contribution in [0.5, 0.6) is 5.75 Å². The van der Waals surface area contributed by atoms with Gasteiger partial charge in [0.15, 0.2) is 0 Å². The molecule has 0 bridgehead atoms. The number of likely N-dealkylation sites (tertiary alicyclic amines) is 1. The number of hydrogen-bond donors (Lipinski definition) is 1. The number of hydrogen-bond acceptors (Lipinski definition) is 6. The van der Waals surface area contributed by atoms with E-state index in [0.29, 0.717) is 28.5 Å². The number of carbonyl (C=O) groups is 2. The van der Waals surface area contributed by atoms with Crippen molar-refractivity contribution in [1.82, 2.24) is 4.90 Å². The third-order valence-electron chi connectivity index (χ3n) is 5.24. The molecule has 6 nitrogen and oxygen atoms in total. The molecule has 7 heteroatoms. The lowest BCUT2D eigenvalue weighted by molar-refractivity contribution is -0.139. The molecule has 0 aliphatic carbocycles. The van der Waals surface area contributed by atoms with E-state index in [9.17, 15) is 14.7 Å². The van der Waals surface area contributed by atoms with Gasteiger partial charge < -0.3 is 19.5 Å². The van der Waals surface area contributed by atoms with E-state index in [1.54, 1.807) is 24.8 Å². The number of benzene rings is 1. The van der Waals surface area contributed by atoms with Crippen molar-refractivity contribution >= 4 is 23.2 Å². The highest BCUT2D eigenvalue weighted by Crippen LogP contribution is 2.48. The predicted molar refractivity (Wildman–Crippen MR) is 104 cm³/mol. The van der Waals surface area contributed by atoms with Gasteiger partial charge in [-0.3, -0.25) is 4.79 Å². The van der Waals surface area contributed by atoms with Crippen LogP contribution >= 0.6 is 11.3 Å². The van der Waals surface area contributed by atoms with Gasteiger partial charge >= 0.3 is 5.97 Å². The zero-order valence-electron chi connectivity index (χ0n) is 15.9. The maximum atomic E-state index is 12.6. The molecule has 0 radical (unpaired) electrons. The summed E-state index contributed by atoms with van der Waals surface area (Å²) in [5.74, 6) is 0.122. The van der Waals surface area contributed by atoms with Crippen LogP contribution < -0.4 is 4.74 Å². The molecule has 1 fully saturated rings. The number of aliphatic hydroxyl groups excluding tert-OH is 1. The first-order valence-electron chi connectivity index (χ1n) is 9.38. The highest BCUT2D eigenvalue weighted by molar-refractivity contribution is 7.14. The van der Waals surface area contributed by atoms with E-state index in [-0.39, 0.29) is 12.5 Å². The quantitative estimate of drug-likeness (QED) is 0.796. The largest absolute Gasteiger partial charge is 0.484 e. The first kappa shape index (κ1) is 19.0. The molecule has 2 aliphatic heterocycles. The number of fused-ring (bicyclic) bond motifs is 1. The number of carbonyl (C=O) groups excluding carboxylic acids is 2. The zero-order chi connectivity index (χ0) is 19.9. The normalized spacial score (nSPS) is 23.2. The number of aliphatic hydroxyl groups is 1. The number of amides is 1. The van der Waals surface area contributed by atoms with Gasteiger partial charge in [0.1, 0.15) is 28.9 Å². The van der Waals surface area contributed by atoms with Crippen LogP contribution in [0.4, 0.5) is 0 Å². The average Bonchev–Trinajstić information content (AvgIpc) is 3.27. The second-order valence-corrected chi connectivity index (χ2v) is 8.77. The highest BCUT2D eigenvalue weighted by Gasteiger charge is 2.48. The summed E-state index contributed by atoms with van der Waals surface area (Å²) in [5.41, 5.74) is 0.0397. The molecule has 1 aromatic carbocycles. The van der Waals surface area contributed by atoms with Crippen molar-refractivity contribution < 1.29 is 24.2 Å². The van der Waals surface area contributed by atoms with Crippen LogP contribution in [-0.2, 0) is 16.1 Å². The number of nitrogens with zero attached hydrogens (tertiary/aromatic N) is 1. The summed E-state index contributed by atoms with van der Waals surface area (Å²) in [4.78, 5) is 27.7. The second kappa shape index (κ2) is 7.22. The summed E-state index contributed by atoms with van der Waals surface area (Å²) < 4.78 is 11.4. The number of ether oxygens (including phenoxy) is 2. The highest BCUT2D eigenvalue weighted by atomic mass is 32.1. The molecule has 2 aromatic rings. The molecule has 0 spiro atoms. The van der Waals surface area contributed by atoms with Crippen molar-refractivity contribution in [3.05, 3.63) is 51.7 Å². The number of thiophene rings is 1. The maximum absolute atomic E-state index is 12.6. The molecule has 4 rings (SSSR count). The molecular weight excluding hydrogens is 378 g/mol. The molecule has 2 aliphatic rings. The van der Waals surface area contributed by atoms with E-state index in [1.165, 1.54) is 11.3 Å². The molecule has 1 saturated heterocycles. The van der Waals surface area contributed by atoms with Crippen LogP contribution in [0.25, 0.3) is 0 Å². The van der Waals surface area contributed by atoms with Gasteiger partial charge in [0.25, 0.3) is 0 Å². The van der Waals surface area contributed by atoms with Gasteiger partial charge in [-0.15, -0.1) is 11.3 Å². The Hall–Kier alpha value is -2.38. The van der Waals surface area contributed by atoms with Gasteiger partial charge in [-0.25, -0.2) is 4.79 Å². The van der Waals surface area contributed by atoms with Crippen molar-refractivity contribution in [3.63, 3.8) is 0 Å². The molecular formula is C21H23NO5S. The monoisotopic (exact) mass is 401 g/mol. The lowest BCUT2D eigenvalue weighted by atomic mass is 9.90. The van der Waals surface area contributed by atoms with Crippen LogP contribution in [0.3, 0.4) is 0 Å². The SMILES string of the molecule is CC1(C)Oc2cc(C(=O)OCc3ccccc3)sc2[C@H](N2CCCC2=O)[C@H]1O. The maximum Gasteiger partial charge on any atom is 0.348 e. The van der Waals surface area contributed by atoms with Crippen molar-refractivity contribution in [1.29, 1.82) is 0 Å². The number of rotatable bonds is 4. The van der Waals surface area contributed by atoms with Crippen molar-refractivity contribution in [2.24, 2.45) is 0 Å². The lowest BCUT2D eigenvalue weighted by Gasteiger charge is -2.43. The fraction of sp³-hybridized carbons (Fsp3) is 0.429. The lowest BCUT2D eigenvalue weighted by Crippen LogP contribution is -2.53. The summed E-state index contributed by atoms with van der Waals surface area (Å²) >= 11 is 1.23. The van der Waals surface area contributed by atoms with Crippen molar-refractivity contribution in [2.45, 2.75) is 51.0 Å². The van der Waals surface area contributed by atoms with Gasteiger partial charge in [0.05, 0.1) is 10.9 Å². The zero-order valence-corrected chi connectivity index (χ0v) is 16.7. The van der Waals surface area contributed by atoms with Crippen LogP contribution in [0.15, 0.2) is 36.4 Å². The Bertz CT molecular complexity index is 891. The Morgan fingerprint density at radius 2 is 2.11 bits per heavy atom. The van der Waals surface area contributed by atoms with E-state index < -0.39 is 23.7 Å². The third-order valence-corrected chi connectivity index (χ3v) is 6.40. The minimum Gasteiger partial charge on any atom is -0.484 e. The standard InChI is InChI=1S/C21H23NO5S/c1-21(2)19(24)17(22-10-6-9-16(22)23)18-14(27-21)11-15(28-18)20(25)26-12-13-7-4-3-5-8-13/h3-5,7-8,11,17,19,24H,6,9-10,12H2,1-2H3/t17-,19+/m0/s1. The molecule has 148 valence electrons. The van der Waals surface area contributed by atoms with Gasteiger partial charge in [-0.05, 0) is 25.8 Å². The molecule has 0 saturated carbocycles. The minimum atomic E-state index is -0.881. The van der Waals surface area contributed by atoms with Gasteiger partial charge in [0, 0.05) is 19.0 Å². The average molecular weight is 401 g/mol. The fourth-order valence-electron chi connectivity index (χ4n) is 3.71. The fourth-order valence-corrected chi connectivity index (χ4v) is 4.83. The van der Waals surface area contributed by atoms with Gasteiger partial charge in [-0.2, -0.15) is 0 Å². The van der Waals surface area contributed by atoms with E-state index in [2.05, 4.69) is 0 Å². The van der Waals surface area contributed by atoms with E-state index >= 15 is 0 Å². The summed E-state index contributed by atoms with van der Waals surface area (Å²) in [6.07, 6.45) is 0.376. The molecule has 28 heavy (non-hydrogen) atoms. The number of esters is 1. The summed E-state index contributed by atoms with van der Waals surface area (Å²) in [6, 6.07) is 10.6. The first-order chi connectivity index (χ1) is 13.4. The summed E-state index contributed by atoms with van der Waals surface area (Å²) in [7, 11) is 0. The smallest absolute Gasteiger partial charge is 0.348 e. The topological polar surface area (TPSA) is 76.1 Å². The molecule has 1 amide bonds. The molecule has 0 unspecified atom stereocenters. The van der Waals surface area contributed by atoms with Crippen LogP contribution in [0.2, 0.25) is 0 Å². The predicted octanol–water partition coefficient (Wildman–Crippen LogP) is 3.30. The second-order valence-electron chi connectivity index (χ2n) is 7.69. The van der Waals surface area contributed by atoms with E-state index in [1.807, 2.05) is 30.3 Å².